The van der Waals surface area contributed by atoms with Crippen molar-refractivity contribution < 1.29 is 14.6 Å². The summed E-state index contributed by atoms with van der Waals surface area (Å²) >= 11 is 0. The number of hydrogen-bond donors (Lipinski definition) is 1. The Bertz CT molecular complexity index is 404. The fraction of sp³-hybridized carbons (Fsp3) is 0.500. The van der Waals surface area contributed by atoms with Crippen LogP contribution in [0.2, 0.25) is 0 Å². The number of ether oxygens (including phenoxy) is 2. The summed E-state index contributed by atoms with van der Waals surface area (Å²) in [6, 6.07) is 7.91. The molecule has 19 heavy (non-hydrogen) atoms. The van der Waals surface area contributed by atoms with Gasteiger partial charge in [-0.25, -0.2) is 0 Å². The summed E-state index contributed by atoms with van der Waals surface area (Å²) in [4.78, 5) is 0. The van der Waals surface area contributed by atoms with Crippen molar-refractivity contribution in [3.63, 3.8) is 0 Å². The SMILES string of the molecule is CCCOCCOCc1ccccc1C#CCCO. The number of rotatable bonds is 8. The minimum Gasteiger partial charge on any atom is -0.395 e. The molecule has 1 N–H and O–H groups in total. The van der Waals surface area contributed by atoms with Crippen LogP contribution in [0.3, 0.4) is 0 Å². The molecule has 0 fully saturated rings. The topological polar surface area (TPSA) is 38.7 Å². The summed E-state index contributed by atoms with van der Waals surface area (Å²) in [5.74, 6) is 5.98. The van der Waals surface area contributed by atoms with Crippen LogP contribution in [-0.4, -0.2) is 31.5 Å². The Labute approximate surface area is 115 Å². The third-order valence-corrected chi connectivity index (χ3v) is 2.46. The van der Waals surface area contributed by atoms with Crippen LogP contribution in [0.4, 0.5) is 0 Å². The van der Waals surface area contributed by atoms with E-state index in [1.807, 2.05) is 24.3 Å². The van der Waals surface area contributed by atoms with E-state index in [-0.39, 0.29) is 6.61 Å². The lowest BCUT2D eigenvalue weighted by Gasteiger charge is -2.07. The van der Waals surface area contributed by atoms with Gasteiger partial charge in [0.25, 0.3) is 0 Å². The Morgan fingerprint density at radius 1 is 1.11 bits per heavy atom. The zero-order valence-electron chi connectivity index (χ0n) is 11.5. The van der Waals surface area contributed by atoms with Crippen molar-refractivity contribution in [2.75, 3.05) is 26.4 Å². The van der Waals surface area contributed by atoms with Crippen molar-refractivity contribution in [2.45, 2.75) is 26.4 Å². The van der Waals surface area contributed by atoms with E-state index < -0.39 is 0 Å². The molecule has 0 aliphatic rings. The minimum absolute atomic E-state index is 0.0977. The maximum atomic E-state index is 8.72. The molecule has 0 bridgehead atoms. The molecule has 0 spiro atoms. The third-order valence-electron chi connectivity index (χ3n) is 2.46. The maximum Gasteiger partial charge on any atom is 0.0730 e. The molecular formula is C16H22O3. The van der Waals surface area contributed by atoms with Crippen molar-refractivity contribution in [2.24, 2.45) is 0 Å². The van der Waals surface area contributed by atoms with E-state index in [2.05, 4.69) is 18.8 Å². The van der Waals surface area contributed by atoms with Gasteiger partial charge in [0.05, 0.1) is 26.4 Å². The molecular weight excluding hydrogens is 240 g/mol. The van der Waals surface area contributed by atoms with Crippen LogP contribution in [-0.2, 0) is 16.1 Å². The number of aliphatic hydroxyl groups excluding tert-OH is 1. The average Bonchev–Trinajstić information content (AvgIpc) is 2.44. The fourth-order valence-corrected chi connectivity index (χ4v) is 1.53. The third kappa shape index (κ3) is 6.97. The lowest BCUT2D eigenvalue weighted by Crippen LogP contribution is -2.05. The molecule has 0 unspecified atom stereocenters. The summed E-state index contributed by atoms with van der Waals surface area (Å²) in [6.07, 6.45) is 1.53. The molecule has 0 radical (unpaired) electrons. The van der Waals surface area contributed by atoms with Gasteiger partial charge >= 0.3 is 0 Å². The predicted octanol–water partition coefficient (Wildman–Crippen LogP) is 2.36. The minimum atomic E-state index is 0.0977. The molecule has 0 aliphatic heterocycles. The molecule has 0 aromatic heterocycles. The normalized spacial score (nSPS) is 10.0. The molecule has 3 nitrogen and oxygen atoms in total. The molecule has 0 saturated heterocycles. The standard InChI is InChI=1S/C16H22O3/c1-2-11-18-12-13-19-14-16-9-4-3-7-15(16)8-5-6-10-17/h3-4,7,9,17H,2,6,10-14H2,1H3. The summed E-state index contributed by atoms with van der Waals surface area (Å²) in [7, 11) is 0. The van der Waals surface area contributed by atoms with Crippen LogP contribution in [0.5, 0.6) is 0 Å². The van der Waals surface area contributed by atoms with E-state index in [9.17, 15) is 0 Å². The lowest BCUT2D eigenvalue weighted by atomic mass is 10.1. The number of hydrogen-bond acceptors (Lipinski definition) is 3. The van der Waals surface area contributed by atoms with E-state index in [0.717, 1.165) is 24.2 Å². The van der Waals surface area contributed by atoms with E-state index >= 15 is 0 Å². The van der Waals surface area contributed by atoms with Gasteiger partial charge < -0.3 is 14.6 Å². The van der Waals surface area contributed by atoms with Gasteiger partial charge in [-0.2, -0.15) is 0 Å². The van der Waals surface area contributed by atoms with Gasteiger partial charge in [-0.15, -0.1) is 0 Å². The highest BCUT2D eigenvalue weighted by Crippen LogP contribution is 2.08. The van der Waals surface area contributed by atoms with Crippen LogP contribution >= 0.6 is 0 Å². The second-order valence-electron chi connectivity index (χ2n) is 4.10. The maximum absolute atomic E-state index is 8.72. The first-order chi connectivity index (χ1) is 9.38. The Morgan fingerprint density at radius 3 is 2.68 bits per heavy atom. The van der Waals surface area contributed by atoms with E-state index in [4.69, 9.17) is 14.6 Å². The molecule has 0 heterocycles. The van der Waals surface area contributed by atoms with Crippen molar-refractivity contribution in [3.05, 3.63) is 35.4 Å². The summed E-state index contributed by atoms with van der Waals surface area (Å²) in [5, 5.41) is 8.72. The van der Waals surface area contributed by atoms with Crippen molar-refractivity contribution >= 4 is 0 Å². The highest BCUT2D eigenvalue weighted by Gasteiger charge is 1.99. The zero-order valence-corrected chi connectivity index (χ0v) is 11.5. The predicted molar refractivity (Wildman–Crippen MR) is 75.8 cm³/mol. The first-order valence-corrected chi connectivity index (χ1v) is 6.71. The molecule has 0 amide bonds. The number of aliphatic hydroxyl groups is 1. The molecule has 1 aromatic carbocycles. The Balaban J connectivity index is 2.38. The van der Waals surface area contributed by atoms with Gasteiger partial charge in [-0.3, -0.25) is 0 Å². The lowest BCUT2D eigenvalue weighted by molar-refractivity contribution is 0.0408. The smallest absolute Gasteiger partial charge is 0.0730 e. The van der Waals surface area contributed by atoms with Crippen LogP contribution in [0.25, 0.3) is 0 Å². The Morgan fingerprint density at radius 2 is 1.89 bits per heavy atom. The summed E-state index contributed by atoms with van der Waals surface area (Å²) < 4.78 is 10.9. The van der Waals surface area contributed by atoms with Crippen molar-refractivity contribution in [1.82, 2.24) is 0 Å². The molecule has 0 saturated carbocycles. The van der Waals surface area contributed by atoms with Gasteiger partial charge in [0.1, 0.15) is 0 Å². The second-order valence-corrected chi connectivity index (χ2v) is 4.10. The van der Waals surface area contributed by atoms with E-state index in [1.54, 1.807) is 0 Å². The highest BCUT2D eigenvalue weighted by molar-refractivity contribution is 5.40. The van der Waals surface area contributed by atoms with Gasteiger partial charge in [0, 0.05) is 18.6 Å². The molecule has 1 aromatic rings. The van der Waals surface area contributed by atoms with Crippen LogP contribution in [0.15, 0.2) is 24.3 Å². The molecule has 0 aliphatic carbocycles. The van der Waals surface area contributed by atoms with Gasteiger partial charge in [-0.05, 0) is 18.1 Å². The van der Waals surface area contributed by atoms with Crippen LogP contribution < -0.4 is 0 Å². The van der Waals surface area contributed by atoms with E-state index in [1.165, 1.54) is 0 Å². The first kappa shape index (κ1) is 15.7. The van der Waals surface area contributed by atoms with Crippen molar-refractivity contribution in [1.29, 1.82) is 0 Å². The monoisotopic (exact) mass is 262 g/mol. The fourth-order valence-electron chi connectivity index (χ4n) is 1.53. The van der Waals surface area contributed by atoms with Crippen LogP contribution in [0, 0.1) is 11.8 Å². The average molecular weight is 262 g/mol. The highest BCUT2D eigenvalue weighted by atomic mass is 16.5. The van der Waals surface area contributed by atoms with Gasteiger partial charge in [-0.1, -0.05) is 37.0 Å². The molecule has 1 rings (SSSR count). The van der Waals surface area contributed by atoms with Gasteiger partial charge in [0.2, 0.25) is 0 Å². The van der Waals surface area contributed by atoms with Crippen LogP contribution in [0.1, 0.15) is 30.9 Å². The largest absolute Gasteiger partial charge is 0.395 e. The Kier molecular flexibility index (Phi) is 8.74. The quantitative estimate of drug-likeness (QED) is 0.577. The zero-order chi connectivity index (χ0) is 13.8. The van der Waals surface area contributed by atoms with Crippen molar-refractivity contribution in [3.8, 4) is 11.8 Å². The molecule has 104 valence electrons. The summed E-state index contributed by atoms with van der Waals surface area (Å²) in [5.41, 5.74) is 2.04. The second kappa shape index (κ2) is 10.6. The Hall–Kier alpha value is -1.34. The first-order valence-electron chi connectivity index (χ1n) is 6.71. The van der Waals surface area contributed by atoms with Gasteiger partial charge in [0.15, 0.2) is 0 Å². The molecule has 3 heteroatoms. The number of benzene rings is 1. The molecule has 0 atom stereocenters. The summed E-state index contributed by atoms with van der Waals surface area (Å²) in [6.45, 7) is 4.74. The van der Waals surface area contributed by atoms with E-state index in [0.29, 0.717) is 26.2 Å².